The van der Waals surface area contributed by atoms with E-state index in [1.54, 1.807) is 0 Å². The van der Waals surface area contributed by atoms with Gasteiger partial charge in [0.25, 0.3) is 22.4 Å². The highest BCUT2D eigenvalue weighted by Gasteiger charge is 2.91. The summed E-state index contributed by atoms with van der Waals surface area (Å²) in [6, 6.07) is 46.7. The molecule has 1 unspecified atom stereocenters. The van der Waals surface area contributed by atoms with E-state index in [0.29, 0.717) is 0 Å². The second-order valence-corrected chi connectivity index (χ2v) is 17.8. The van der Waals surface area contributed by atoms with Crippen molar-refractivity contribution in [3.8, 4) is 67.8 Å². The van der Waals surface area contributed by atoms with Crippen LogP contribution in [0.25, 0.3) is 145 Å². The lowest BCUT2D eigenvalue weighted by Gasteiger charge is -2.20. The van der Waals surface area contributed by atoms with Crippen molar-refractivity contribution in [3.05, 3.63) is 134 Å². The second-order valence-electron chi connectivity index (χ2n) is 17.8. The van der Waals surface area contributed by atoms with E-state index >= 15 is 0 Å². The Balaban J connectivity index is 1.13. The van der Waals surface area contributed by atoms with Crippen LogP contribution in [0.2, 0.25) is 0 Å². The average molecular weight is 763 g/mol. The standard InChI is InChI=1S/C50H22N10/c1-3-25-7-13-35-29-21-40-38-16-10-32-46-28(18-20-52-32)34-12-6-24-2-4-26-8-14-36-30-22-39-37-15-9-31-45-27(17-19-51-31)33-11-5-23(1)41-43(25)55(35)49(53(33)41,57(37)45)59(39)47(29)48(30)60(40)50(58(38)46)54(34)42(24)44(26)56(36)50/h1-22H/q+8/t49-,50?/m0/s1. The molecule has 0 radical (unpaired) electrons. The van der Waals surface area contributed by atoms with Gasteiger partial charge in [-0.3, -0.25) is 0 Å². The molecule has 18 heterocycles. The highest BCUT2D eigenvalue weighted by atomic mass is 15.7. The molecule has 0 saturated carbocycles. The van der Waals surface area contributed by atoms with Crippen LogP contribution in [0.4, 0.5) is 0 Å². The lowest BCUT2D eigenvalue weighted by molar-refractivity contribution is -1.28. The molecule has 0 N–H and O–H groups in total. The zero-order valence-corrected chi connectivity index (χ0v) is 31.2. The minimum absolute atomic E-state index is 0.797. The molecule has 0 aliphatic carbocycles. The molecule has 10 aromatic heterocycles. The summed E-state index contributed by atoms with van der Waals surface area (Å²) in [7, 11) is 0. The van der Waals surface area contributed by atoms with Crippen molar-refractivity contribution in [2.45, 2.75) is 11.8 Å². The van der Waals surface area contributed by atoms with Crippen molar-refractivity contribution < 1.29 is 36.5 Å². The molecule has 0 bridgehead atoms. The van der Waals surface area contributed by atoms with E-state index in [9.17, 15) is 0 Å². The Hall–Kier alpha value is -8.24. The van der Waals surface area contributed by atoms with Gasteiger partial charge in [-0.2, -0.15) is 0 Å². The summed E-state index contributed by atoms with van der Waals surface area (Å²) >= 11 is 0. The normalized spacial score (nSPS) is 19.8. The van der Waals surface area contributed by atoms with E-state index in [1.165, 1.54) is 133 Å². The molecule has 0 amide bonds. The number of hydrogen-bond acceptors (Lipinski definition) is 2. The Labute approximate surface area is 335 Å². The zero-order valence-electron chi connectivity index (χ0n) is 31.2. The third kappa shape index (κ3) is 2.06. The Kier molecular flexibility index (Phi) is 3.31. The summed E-state index contributed by atoms with van der Waals surface area (Å²) < 4.78 is 21.4. The second kappa shape index (κ2) is 7.46. The molecule has 10 nitrogen and oxygen atoms in total. The van der Waals surface area contributed by atoms with Crippen LogP contribution in [0.5, 0.6) is 0 Å². The average Bonchev–Trinajstić information content (AvgIpc) is 4.01. The monoisotopic (exact) mass is 762 g/mol. The topological polar surface area (TPSA) is 56.8 Å². The van der Waals surface area contributed by atoms with Gasteiger partial charge < -0.3 is 0 Å². The zero-order chi connectivity index (χ0) is 37.6. The first-order valence-corrected chi connectivity index (χ1v) is 20.8. The lowest BCUT2D eigenvalue weighted by Crippen LogP contribution is -2.97. The third-order valence-electron chi connectivity index (χ3n) is 15.9. The molecule has 8 aliphatic heterocycles. The molecule has 8 aliphatic rings. The molecular formula is C50H22N10+8. The molecular weight excluding hydrogens is 741 g/mol. The van der Waals surface area contributed by atoms with Crippen LogP contribution in [0.3, 0.4) is 0 Å². The van der Waals surface area contributed by atoms with Gasteiger partial charge in [0.05, 0.1) is 21.5 Å². The van der Waals surface area contributed by atoms with Gasteiger partial charge in [-0.25, -0.2) is 9.97 Å². The van der Waals surface area contributed by atoms with E-state index in [4.69, 9.17) is 9.97 Å². The summed E-state index contributed by atoms with van der Waals surface area (Å²) in [5, 5.41) is 4.96. The minimum atomic E-state index is -0.797. The van der Waals surface area contributed by atoms with Gasteiger partial charge in [-0.1, -0.05) is 0 Å². The van der Waals surface area contributed by atoms with Crippen molar-refractivity contribution in [2.75, 3.05) is 0 Å². The fourth-order valence-corrected chi connectivity index (χ4v) is 14.1. The summed E-state index contributed by atoms with van der Waals surface area (Å²) in [5.41, 5.74) is 26.4. The van der Waals surface area contributed by atoms with Crippen molar-refractivity contribution in [1.82, 2.24) is 9.97 Å². The van der Waals surface area contributed by atoms with Gasteiger partial charge >= 0.3 is 56.3 Å². The maximum Gasteiger partial charge on any atom is 0.772 e. The molecule has 10 heteroatoms. The third-order valence-corrected chi connectivity index (χ3v) is 15.9. The highest BCUT2D eigenvalue weighted by molar-refractivity contribution is 6.05. The first-order valence-electron chi connectivity index (χ1n) is 20.8. The van der Waals surface area contributed by atoms with Gasteiger partial charge in [-0.05, 0) is 72.8 Å². The van der Waals surface area contributed by atoms with Crippen molar-refractivity contribution >= 4 is 76.7 Å². The Bertz CT molecular complexity index is 4260. The molecule has 60 heavy (non-hydrogen) atoms. The van der Waals surface area contributed by atoms with E-state index < -0.39 is 11.8 Å². The molecule has 2 aromatic carbocycles. The first-order chi connectivity index (χ1) is 29.8. The SMILES string of the molecule is c1cc2c3c(ccc4[n+]3C35[n+]6c-4cc4c7c6c(cc6[n+]7[C@]78[n+]9c-6ccc6nccc(c69)-c6ccc9ccc%10ccc-4[n+]7c%10c9[n+]68)-c4ccc6ccc7ccc-2[n+]3c7c6[n+]45)n1. The fraction of sp³-hybridized carbons (Fsp3) is 0.0400. The van der Waals surface area contributed by atoms with E-state index in [0.717, 1.165) is 11.0 Å². The first kappa shape index (κ1) is 26.6. The molecule has 0 fully saturated rings. The Morgan fingerprint density at radius 1 is 0.267 bits per heavy atom. The molecule has 2 spiro atoms. The fourth-order valence-electron chi connectivity index (χ4n) is 14.1. The Morgan fingerprint density at radius 3 is 0.983 bits per heavy atom. The van der Waals surface area contributed by atoms with Crippen LogP contribution >= 0.6 is 0 Å². The predicted molar refractivity (Wildman–Crippen MR) is 214 cm³/mol. The number of aromatic nitrogens is 10. The molecule has 0 saturated heterocycles. The van der Waals surface area contributed by atoms with E-state index in [-0.39, 0.29) is 0 Å². The number of fused-ring (bicyclic) bond motifs is 6. The predicted octanol–water partition coefficient (Wildman–Crippen LogP) is 3.78. The molecule has 20 rings (SSSR count). The van der Waals surface area contributed by atoms with Gasteiger partial charge in [0.15, 0.2) is 0 Å². The van der Waals surface area contributed by atoms with Gasteiger partial charge in [0, 0.05) is 97.5 Å². The smallest absolute Gasteiger partial charge is 0.250 e. The number of hydrogen-bond donors (Lipinski definition) is 0. The van der Waals surface area contributed by atoms with Crippen LogP contribution in [0, 0.1) is 0 Å². The van der Waals surface area contributed by atoms with E-state index in [2.05, 4.69) is 158 Å². The summed E-state index contributed by atoms with van der Waals surface area (Å²) in [5.74, 6) is -1.59. The minimum Gasteiger partial charge on any atom is -0.250 e. The number of nitrogens with zero attached hydrogens (tertiary/aromatic N) is 10. The summed E-state index contributed by atoms with van der Waals surface area (Å²) in [6.45, 7) is 0. The van der Waals surface area contributed by atoms with Crippen molar-refractivity contribution in [2.24, 2.45) is 0 Å². The largest absolute Gasteiger partial charge is 0.772 e. The maximum absolute atomic E-state index is 5.04. The molecule has 12 aromatic rings. The van der Waals surface area contributed by atoms with Crippen molar-refractivity contribution in [3.63, 3.8) is 0 Å². The molecule has 264 valence electrons. The van der Waals surface area contributed by atoms with Crippen LogP contribution in [-0.2, 0) is 11.8 Å². The summed E-state index contributed by atoms with van der Waals surface area (Å²) in [6.07, 6.45) is 3.96. The van der Waals surface area contributed by atoms with Crippen LogP contribution < -0.4 is 36.5 Å². The van der Waals surface area contributed by atoms with Gasteiger partial charge in [0.1, 0.15) is 33.3 Å². The maximum atomic E-state index is 5.04. The Morgan fingerprint density at radius 2 is 0.583 bits per heavy atom. The van der Waals surface area contributed by atoms with Crippen molar-refractivity contribution in [1.29, 1.82) is 0 Å². The van der Waals surface area contributed by atoms with Crippen LogP contribution in [0.15, 0.2) is 134 Å². The van der Waals surface area contributed by atoms with Gasteiger partial charge in [0.2, 0.25) is 22.8 Å². The lowest BCUT2D eigenvalue weighted by atomic mass is 9.96. The van der Waals surface area contributed by atoms with Crippen LogP contribution in [0.1, 0.15) is 0 Å². The number of rotatable bonds is 0. The van der Waals surface area contributed by atoms with Crippen LogP contribution in [-0.4, -0.2) is 9.97 Å². The van der Waals surface area contributed by atoms with Gasteiger partial charge in [-0.15, -0.1) is 0 Å². The summed E-state index contributed by atoms with van der Waals surface area (Å²) in [4.78, 5) is 10.1. The van der Waals surface area contributed by atoms with E-state index in [1.807, 2.05) is 12.4 Å². The molecule has 2 atom stereocenters. The number of benzene rings is 2. The highest BCUT2D eigenvalue weighted by Crippen LogP contribution is 2.50. The number of pyridine rings is 10. The quantitative estimate of drug-likeness (QED) is 0.175.